The number of carboxylic acids is 1. The van der Waals surface area contributed by atoms with Crippen LogP contribution in [0.2, 0.25) is 0 Å². The first-order valence-corrected chi connectivity index (χ1v) is 7.05. The number of carbonyl (C=O) groups is 2. The van der Waals surface area contributed by atoms with Crippen molar-refractivity contribution < 1.29 is 19.4 Å². The summed E-state index contributed by atoms with van der Waals surface area (Å²) in [6.07, 6.45) is 1.91. The molecule has 114 valence electrons. The fourth-order valence-electron chi connectivity index (χ4n) is 2.39. The number of aromatic carboxylic acids is 1. The molecule has 1 aromatic carbocycles. The fraction of sp³-hybridized carbons (Fsp3) is 0.467. The minimum atomic E-state index is -1.06. The summed E-state index contributed by atoms with van der Waals surface area (Å²) < 4.78 is 5.44. The Balaban J connectivity index is 2.16. The number of rotatable bonds is 5. The van der Waals surface area contributed by atoms with Crippen LogP contribution in [0.15, 0.2) is 18.2 Å². The van der Waals surface area contributed by atoms with Gasteiger partial charge in [0, 0.05) is 12.5 Å². The van der Waals surface area contributed by atoms with Gasteiger partial charge in [0.2, 0.25) is 5.91 Å². The predicted octanol–water partition coefficient (Wildman–Crippen LogP) is 1.63. The number of benzene rings is 1. The molecule has 0 saturated carbocycles. The van der Waals surface area contributed by atoms with E-state index in [0.717, 1.165) is 12.8 Å². The summed E-state index contributed by atoms with van der Waals surface area (Å²) in [6, 6.07) is 4.89. The highest BCUT2D eigenvalue weighted by molar-refractivity contribution is 5.99. The van der Waals surface area contributed by atoms with Crippen molar-refractivity contribution in [1.29, 1.82) is 0 Å². The van der Waals surface area contributed by atoms with Crippen LogP contribution in [-0.4, -0.2) is 36.2 Å². The summed E-state index contributed by atoms with van der Waals surface area (Å²) >= 11 is 0. The van der Waals surface area contributed by atoms with Crippen molar-refractivity contribution in [2.75, 3.05) is 18.1 Å². The fourth-order valence-corrected chi connectivity index (χ4v) is 2.39. The summed E-state index contributed by atoms with van der Waals surface area (Å²) in [7, 11) is 0. The van der Waals surface area contributed by atoms with Gasteiger partial charge in [0.05, 0.1) is 12.2 Å². The third-order valence-electron chi connectivity index (χ3n) is 3.43. The number of carbonyl (C=O) groups excluding carboxylic acids is 1. The van der Waals surface area contributed by atoms with E-state index in [1.165, 1.54) is 6.07 Å². The second-order valence-electron chi connectivity index (χ2n) is 5.22. The van der Waals surface area contributed by atoms with E-state index >= 15 is 0 Å². The molecule has 0 aromatic heterocycles. The van der Waals surface area contributed by atoms with Crippen molar-refractivity contribution >= 4 is 17.6 Å². The molecule has 1 heterocycles. The minimum Gasteiger partial charge on any atom is -0.489 e. The van der Waals surface area contributed by atoms with Crippen LogP contribution in [-0.2, 0) is 4.79 Å². The smallest absolute Gasteiger partial charge is 0.339 e. The average Bonchev–Trinajstić information content (AvgIpc) is 2.45. The molecule has 1 unspecified atom stereocenters. The molecule has 0 saturated heterocycles. The molecule has 1 amide bonds. The average molecular weight is 292 g/mol. The van der Waals surface area contributed by atoms with E-state index in [1.54, 1.807) is 17.0 Å². The Labute approximate surface area is 123 Å². The summed E-state index contributed by atoms with van der Waals surface area (Å²) in [5.41, 5.74) is 6.29. The van der Waals surface area contributed by atoms with Gasteiger partial charge in [0.1, 0.15) is 12.2 Å². The highest BCUT2D eigenvalue weighted by atomic mass is 16.5. The lowest BCUT2D eigenvalue weighted by Gasteiger charge is -2.30. The maximum atomic E-state index is 12.3. The molecule has 6 heteroatoms. The first kappa shape index (κ1) is 15.3. The van der Waals surface area contributed by atoms with Crippen LogP contribution in [0.5, 0.6) is 5.75 Å². The summed E-state index contributed by atoms with van der Waals surface area (Å²) in [4.78, 5) is 25.1. The summed E-state index contributed by atoms with van der Waals surface area (Å²) in [5, 5.41) is 9.17. The van der Waals surface area contributed by atoms with Gasteiger partial charge in [-0.1, -0.05) is 6.07 Å². The Hall–Kier alpha value is -2.08. The van der Waals surface area contributed by atoms with Gasteiger partial charge in [-0.25, -0.2) is 4.79 Å². The molecule has 0 radical (unpaired) electrons. The zero-order valence-electron chi connectivity index (χ0n) is 12.0. The van der Waals surface area contributed by atoms with Crippen molar-refractivity contribution in [3.8, 4) is 5.75 Å². The number of hydrogen-bond donors (Lipinski definition) is 2. The van der Waals surface area contributed by atoms with E-state index in [-0.39, 0.29) is 23.3 Å². The number of fused-ring (bicyclic) bond motifs is 1. The van der Waals surface area contributed by atoms with Crippen LogP contribution in [0.3, 0.4) is 0 Å². The number of nitrogens with zero attached hydrogens (tertiary/aromatic N) is 1. The van der Waals surface area contributed by atoms with E-state index in [2.05, 4.69) is 0 Å². The van der Waals surface area contributed by atoms with Crippen LogP contribution in [0, 0.1) is 0 Å². The van der Waals surface area contributed by atoms with E-state index < -0.39 is 5.97 Å². The molecular weight excluding hydrogens is 272 g/mol. The normalized spacial score (nSPS) is 15.0. The van der Waals surface area contributed by atoms with E-state index in [9.17, 15) is 14.7 Å². The maximum absolute atomic E-state index is 12.3. The van der Waals surface area contributed by atoms with Crippen LogP contribution in [0.25, 0.3) is 0 Å². The molecule has 2 rings (SSSR count). The minimum absolute atomic E-state index is 0.0252. The maximum Gasteiger partial charge on any atom is 0.339 e. The molecule has 1 atom stereocenters. The van der Waals surface area contributed by atoms with Gasteiger partial charge >= 0.3 is 5.97 Å². The topological polar surface area (TPSA) is 92.9 Å². The van der Waals surface area contributed by atoms with Gasteiger partial charge in [-0.2, -0.15) is 0 Å². The molecule has 21 heavy (non-hydrogen) atoms. The lowest BCUT2D eigenvalue weighted by atomic mass is 10.1. The molecular formula is C15H20N2O4. The van der Waals surface area contributed by atoms with E-state index in [0.29, 0.717) is 25.3 Å². The standard InChI is InChI=1S/C15H20N2O4/c1-10(16)4-2-7-13(18)17-8-9-21-14-11(15(19)20)5-3-6-12(14)17/h3,5-6,10H,2,4,7-9,16H2,1H3,(H,19,20). The number of amides is 1. The number of hydrogen-bond acceptors (Lipinski definition) is 4. The lowest BCUT2D eigenvalue weighted by molar-refractivity contribution is -0.119. The Morgan fingerprint density at radius 3 is 2.90 bits per heavy atom. The van der Waals surface area contributed by atoms with Crippen LogP contribution < -0.4 is 15.4 Å². The van der Waals surface area contributed by atoms with Gasteiger partial charge in [-0.3, -0.25) is 4.79 Å². The molecule has 0 fully saturated rings. The van der Waals surface area contributed by atoms with Crippen molar-refractivity contribution in [2.24, 2.45) is 5.73 Å². The van der Waals surface area contributed by atoms with Gasteiger partial charge in [-0.15, -0.1) is 0 Å². The molecule has 0 aliphatic carbocycles. The zero-order valence-corrected chi connectivity index (χ0v) is 12.0. The van der Waals surface area contributed by atoms with Crippen LogP contribution in [0.4, 0.5) is 5.69 Å². The van der Waals surface area contributed by atoms with Crippen molar-refractivity contribution in [3.63, 3.8) is 0 Å². The largest absolute Gasteiger partial charge is 0.489 e. The highest BCUT2D eigenvalue weighted by Gasteiger charge is 2.27. The molecule has 1 aliphatic heterocycles. The third-order valence-corrected chi connectivity index (χ3v) is 3.43. The quantitative estimate of drug-likeness (QED) is 0.860. The number of para-hydroxylation sites is 1. The van der Waals surface area contributed by atoms with E-state index in [4.69, 9.17) is 10.5 Å². The summed E-state index contributed by atoms with van der Waals surface area (Å²) in [6.45, 7) is 2.65. The molecule has 3 N–H and O–H groups in total. The zero-order chi connectivity index (χ0) is 15.4. The van der Waals surface area contributed by atoms with E-state index in [1.807, 2.05) is 6.92 Å². The monoisotopic (exact) mass is 292 g/mol. The highest BCUT2D eigenvalue weighted by Crippen LogP contribution is 2.35. The Bertz CT molecular complexity index is 542. The number of ether oxygens (including phenoxy) is 1. The molecule has 0 bridgehead atoms. The summed E-state index contributed by atoms with van der Waals surface area (Å²) in [5.74, 6) is -0.808. The number of carboxylic acid groups (broad SMARTS) is 1. The first-order chi connectivity index (χ1) is 10.0. The van der Waals surface area contributed by atoms with Crippen molar-refractivity contribution in [2.45, 2.75) is 32.2 Å². The molecule has 1 aromatic rings. The number of nitrogens with two attached hydrogens (primary N) is 1. The van der Waals surface area contributed by atoms with Gasteiger partial charge in [0.15, 0.2) is 5.75 Å². The third kappa shape index (κ3) is 3.52. The Morgan fingerprint density at radius 1 is 1.48 bits per heavy atom. The predicted molar refractivity (Wildman–Crippen MR) is 78.7 cm³/mol. The Morgan fingerprint density at radius 2 is 2.24 bits per heavy atom. The number of anilines is 1. The van der Waals surface area contributed by atoms with Gasteiger partial charge < -0.3 is 20.5 Å². The van der Waals surface area contributed by atoms with Crippen LogP contribution in [0.1, 0.15) is 36.5 Å². The van der Waals surface area contributed by atoms with Gasteiger partial charge in [0.25, 0.3) is 0 Å². The van der Waals surface area contributed by atoms with Crippen molar-refractivity contribution in [1.82, 2.24) is 0 Å². The lowest BCUT2D eigenvalue weighted by Crippen LogP contribution is -2.38. The van der Waals surface area contributed by atoms with Crippen LogP contribution >= 0.6 is 0 Å². The van der Waals surface area contributed by atoms with Gasteiger partial charge in [-0.05, 0) is 31.9 Å². The second-order valence-corrected chi connectivity index (χ2v) is 5.22. The molecule has 0 spiro atoms. The Kier molecular flexibility index (Phi) is 4.80. The second kappa shape index (κ2) is 6.58. The SMILES string of the molecule is CC(N)CCCC(=O)N1CCOc2c(C(=O)O)cccc21. The van der Waals surface area contributed by atoms with Crippen molar-refractivity contribution in [3.05, 3.63) is 23.8 Å². The molecule has 1 aliphatic rings. The first-order valence-electron chi connectivity index (χ1n) is 7.05. The molecule has 6 nitrogen and oxygen atoms in total.